The molecule has 178 valence electrons. The lowest BCUT2D eigenvalue weighted by molar-refractivity contribution is -0.144. The summed E-state index contributed by atoms with van der Waals surface area (Å²) in [6.07, 6.45) is 0.110. The highest BCUT2D eigenvalue weighted by Gasteiger charge is 2.32. The first kappa shape index (κ1) is 25.3. The van der Waals surface area contributed by atoms with Crippen LogP contribution in [-0.2, 0) is 29.1 Å². The van der Waals surface area contributed by atoms with Gasteiger partial charge in [-0.05, 0) is 41.2 Å². The lowest BCUT2D eigenvalue weighted by Crippen LogP contribution is -2.45. The number of Topliss-reactive ketones (excluding diaryl/α,β-unsaturated/α-hetero) is 1. The molecular weight excluding hydrogens is 429 g/mol. The number of benzene rings is 3. The molecule has 5 heteroatoms. The van der Waals surface area contributed by atoms with Crippen LogP contribution in [-0.4, -0.2) is 27.8 Å². The van der Waals surface area contributed by atoms with E-state index in [9.17, 15) is 19.1 Å². The number of hydrogen-bond acceptors (Lipinski definition) is 3. The average Bonchev–Trinajstić information content (AvgIpc) is 2.81. The Hall–Kier alpha value is -3.31. The Morgan fingerprint density at radius 1 is 0.794 bits per heavy atom. The number of rotatable bonds is 12. The summed E-state index contributed by atoms with van der Waals surface area (Å²) in [6.45, 7) is 5.17. The van der Waals surface area contributed by atoms with E-state index in [1.54, 1.807) is 12.1 Å². The Morgan fingerprint density at radius 2 is 1.29 bits per heavy atom. The highest BCUT2D eigenvalue weighted by molar-refractivity contribution is 5.88. The highest BCUT2D eigenvalue weighted by atomic mass is 19.1. The Balaban J connectivity index is 1.83. The fourth-order valence-corrected chi connectivity index (χ4v) is 4.40. The third kappa shape index (κ3) is 7.35. The van der Waals surface area contributed by atoms with Gasteiger partial charge >= 0.3 is 5.97 Å². The number of aliphatic carboxylic acids is 1. The minimum atomic E-state index is -1.02. The number of carbonyl (C=O) groups excluding carboxylic acids is 1. The van der Waals surface area contributed by atoms with Crippen LogP contribution in [0.25, 0.3) is 0 Å². The predicted octanol–water partition coefficient (Wildman–Crippen LogP) is 5.76. The molecule has 0 radical (unpaired) electrons. The van der Waals surface area contributed by atoms with Gasteiger partial charge in [-0.15, -0.1) is 0 Å². The van der Waals surface area contributed by atoms with Gasteiger partial charge < -0.3 is 5.11 Å². The first-order chi connectivity index (χ1) is 16.3. The topological polar surface area (TPSA) is 57.6 Å². The van der Waals surface area contributed by atoms with Crippen molar-refractivity contribution in [3.63, 3.8) is 0 Å². The fraction of sp³-hybridized carbons (Fsp3) is 0.310. The number of ketones is 1. The minimum absolute atomic E-state index is 0.000176. The molecule has 3 aromatic rings. The van der Waals surface area contributed by atoms with Gasteiger partial charge in [-0.3, -0.25) is 14.5 Å². The van der Waals surface area contributed by atoms with E-state index in [1.165, 1.54) is 12.1 Å². The summed E-state index contributed by atoms with van der Waals surface area (Å²) >= 11 is 0. The molecule has 0 heterocycles. The van der Waals surface area contributed by atoms with E-state index in [-0.39, 0.29) is 30.4 Å². The molecule has 0 aliphatic carbocycles. The third-order valence-corrected chi connectivity index (χ3v) is 6.00. The van der Waals surface area contributed by atoms with Crippen LogP contribution in [0.3, 0.4) is 0 Å². The number of nitrogens with zero attached hydrogens (tertiary/aromatic N) is 1. The van der Waals surface area contributed by atoms with Gasteiger partial charge in [-0.2, -0.15) is 0 Å². The van der Waals surface area contributed by atoms with Crippen LogP contribution < -0.4 is 0 Å². The Morgan fingerprint density at radius 3 is 1.74 bits per heavy atom. The van der Waals surface area contributed by atoms with Gasteiger partial charge in [0.15, 0.2) is 5.78 Å². The molecule has 0 aliphatic heterocycles. The molecule has 4 nitrogen and oxygen atoms in total. The zero-order valence-electron chi connectivity index (χ0n) is 19.7. The molecule has 0 saturated heterocycles. The van der Waals surface area contributed by atoms with Crippen molar-refractivity contribution in [1.82, 2.24) is 4.90 Å². The van der Waals surface area contributed by atoms with Crippen molar-refractivity contribution in [3.8, 4) is 0 Å². The Kier molecular flexibility index (Phi) is 9.11. The second-order valence-electron chi connectivity index (χ2n) is 9.10. The van der Waals surface area contributed by atoms with Crippen LogP contribution in [0.1, 0.15) is 37.0 Å². The van der Waals surface area contributed by atoms with Crippen LogP contribution in [0.5, 0.6) is 0 Å². The van der Waals surface area contributed by atoms with Gasteiger partial charge in [0.25, 0.3) is 0 Å². The zero-order valence-corrected chi connectivity index (χ0v) is 19.7. The molecule has 0 bridgehead atoms. The van der Waals surface area contributed by atoms with Crippen LogP contribution in [0.4, 0.5) is 4.39 Å². The summed E-state index contributed by atoms with van der Waals surface area (Å²) in [5, 5.41) is 9.83. The SMILES string of the molecule is CC(C)[C@@H](C(=O)C[C@@H](Cc1ccc(F)cc1)C(=O)O)N(Cc1ccccc1)Cc1ccccc1. The number of hydrogen-bond donors (Lipinski definition) is 1. The van der Waals surface area contributed by atoms with Gasteiger partial charge in [0.1, 0.15) is 5.82 Å². The van der Waals surface area contributed by atoms with E-state index in [2.05, 4.69) is 4.90 Å². The van der Waals surface area contributed by atoms with Gasteiger partial charge in [-0.1, -0.05) is 86.6 Å². The van der Waals surface area contributed by atoms with E-state index in [1.807, 2.05) is 74.5 Å². The van der Waals surface area contributed by atoms with Gasteiger partial charge in [0.05, 0.1) is 12.0 Å². The van der Waals surface area contributed by atoms with Crippen molar-refractivity contribution < 1.29 is 19.1 Å². The van der Waals surface area contributed by atoms with E-state index in [0.29, 0.717) is 18.7 Å². The van der Waals surface area contributed by atoms with Gasteiger partial charge in [-0.25, -0.2) is 4.39 Å². The molecule has 1 N–H and O–H groups in total. The van der Waals surface area contributed by atoms with E-state index >= 15 is 0 Å². The summed E-state index contributed by atoms with van der Waals surface area (Å²) in [5.74, 6) is -2.34. The average molecular weight is 462 g/mol. The molecule has 0 spiro atoms. The van der Waals surface area contributed by atoms with Gasteiger partial charge in [0.2, 0.25) is 0 Å². The van der Waals surface area contributed by atoms with Crippen LogP contribution in [0.15, 0.2) is 84.9 Å². The fourth-order valence-electron chi connectivity index (χ4n) is 4.40. The minimum Gasteiger partial charge on any atom is -0.481 e. The van der Waals surface area contributed by atoms with Crippen LogP contribution in [0.2, 0.25) is 0 Å². The van der Waals surface area contributed by atoms with E-state index in [4.69, 9.17) is 0 Å². The number of carboxylic acid groups (broad SMARTS) is 1. The summed E-state index contributed by atoms with van der Waals surface area (Å²) in [4.78, 5) is 27.8. The first-order valence-corrected chi connectivity index (χ1v) is 11.7. The molecule has 0 fully saturated rings. The standard InChI is InChI=1S/C29H32FNO3/c1-21(2)28(27(32)18-25(29(33)34)17-22-13-15-26(30)16-14-22)31(19-23-9-5-3-6-10-23)20-24-11-7-4-8-12-24/h3-16,21,25,28H,17-20H2,1-2H3,(H,33,34)/t25-,28+/m1/s1. The van der Waals surface area contributed by atoms with Crippen molar-refractivity contribution in [2.75, 3.05) is 0 Å². The Bertz CT molecular complexity index is 1010. The van der Waals surface area contributed by atoms with Crippen LogP contribution in [0, 0.1) is 17.7 Å². The molecule has 2 atom stereocenters. The maximum Gasteiger partial charge on any atom is 0.307 e. The molecular formula is C29H32FNO3. The summed E-state index contributed by atoms with van der Waals surface area (Å²) in [7, 11) is 0. The predicted molar refractivity (Wildman–Crippen MR) is 132 cm³/mol. The van der Waals surface area contributed by atoms with E-state index in [0.717, 1.165) is 11.1 Å². The van der Waals surface area contributed by atoms with Crippen molar-refractivity contribution in [2.45, 2.75) is 45.8 Å². The van der Waals surface area contributed by atoms with Crippen molar-refractivity contribution >= 4 is 11.8 Å². The summed E-state index contributed by atoms with van der Waals surface area (Å²) in [6, 6.07) is 25.3. The van der Waals surface area contributed by atoms with Crippen molar-refractivity contribution in [2.24, 2.45) is 11.8 Å². The molecule has 3 rings (SSSR count). The maximum atomic E-state index is 13.6. The van der Waals surface area contributed by atoms with Crippen molar-refractivity contribution in [3.05, 3.63) is 107 Å². The van der Waals surface area contributed by atoms with Crippen molar-refractivity contribution in [1.29, 1.82) is 0 Å². The normalized spacial score (nSPS) is 13.1. The second-order valence-corrected chi connectivity index (χ2v) is 9.10. The van der Waals surface area contributed by atoms with Gasteiger partial charge in [0, 0.05) is 19.5 Å². The smallest absolute Gasteiger partial charge is 0.307 e. The summed E-state index contributed by atoms with van der Waals surface area (Å²) < 4.78 is 13.3. The Labute approximate surface area is 201 Å². The van der Waals surface area contributed by atoms with Crippen LogP contribution >= 0.6 is 0 Å². The number of carboxylic acids is 1. The maximum absolute atomic E-state index is 13.6. The monoisotopic (exact) mass is 461 g/mol. The molecule has 34 heavy (non-hydrogen) atoms. The number of carbonyl (C=O) groups is 2. The quantitative estimate of drug-likeness (QED) is 0.373. The first-order valence-electron chi connectivity index (χ1n) is 11.7. The second kappa shape index (κ2) is 12.2. The largest absolute Gasteiger partial charge is 0.481 e. The highest BCUT2D eigenvalue weighted by Crippen LogP contribution is 2.23. The molecule has 0 aliphatic rings. The zero-order chi connectivity index (χ0) is 24.5. The summed E-state index contributed by atoms with van der Waals surface area (Å²) in [5.41, 5.74) is 2.89. The molecule has 0 amide bonds. The third-order valence-electron chi connectivity index (χ3n) is 6.00. The molecule has 0 unspecified atom stereocenters. The lowest BCUT2D eigenvalue weighted by atomic mass is 9.88. The molecule has 0 aromatic heterocycles. The lowest BCUT2D eigenvalue weighted by Gasteiger charge is -2.34. The van der Waals surface area contributed by atoms with E-state index < -0.39 is 17.9 Å². The number of halogens is 1. The molecule has 3 aromatic carbocycles. The molecule has 0 saturated carbocycles.